The van der Waals surface area contributed by atoms with Crippen molar-refractivity contribution in [1.82, 2.24) is 5.43 Å². The second kappa shape index (κ2) is 9.03. The Morgan fingerprint density at radius 3 is 2.68 bits per heavy atom. The monoisotopic (exact) mass is 508 g/mol. The molecule has 9 heteroatoms. The van der Waals surface area contributed by atoms with Gasteiger partial charge in [-0.2, -0.15) is 5.10 Å². The van der Waals surface area contributed by atoms with Crippen LogP contribution in [0.3, 0.4) is 0 Å². The van der Waals surface area contributed by atoms with E-state index in [1.807, 2.05) is 12.1 Å². The molecule has 0 bridgehead atoms. The highest BCUT2D eigenvalue weighted by Crippen LogP contribution is 2.24. The number of furan rings is 1. The number of esters is 1. The first-order chi connectivity index (χ1) is 13.5. The van der Waals surface area contributed by atoms with Gasteiger partial charge in [-0.1, -0.05) is 31.9 Å². The van der Waals surface area contributed by atoms with Crippen molar-refractivity contribution >= 4 is 60.9 Å². The summed E-state index contributed by atoms with van der Waals surface area (Å²) >= 11 is 6.73. The number of benzene rings is 2. The summed E-state index contributed by atoms with van der Waals surface area (Å²) in [5.41, 5.74) is 3.57. The fraction of sp³-hybridized carbons (Fsp3) is 0.105. The lowest BCUT2D eigenvalue weighted by atomic mass is 10.2. The summed E-state index contributed by atoms with van der Waals surface area (Å²) < 4.78 is 17.2. The molecule has 0 aliphatic carbocycles. The van der Waals surface area contributed by atoms with Crippen molar-refractivity contribution in [2.24, 2.45) is 5.10 Å². The first kappa shape index (κ1) is 20.1. The van der Waals surface area contributed by atoms with Gasteiger partial charge in [0.2, 0.25) is 0 Å². The minimum Gasteiger partial charge on any atom is -0.481 e. The molecular weight excluding hydrogens is 496 g/mol. The van der Waals surface area contributed by atoms with E-state index in [1.165, 1.54) is 13.3 Å². The summed E-state index contributed by atoms with van der Waals surface area (Å²) in [6.45, 7) is -0.236. The fourth-order valence-corrected chi connectivity index (χ4v) is 3.05. The van der Waals surface area contributed by atoms with E-state index in [0.717, 1.165) is 14.3 Å². The number of ether oxygens (including phenoxy) is 2. The Morgan fingerprint density at radius 2 is 1.89 bits per heavy atom. The van der Waals surface area contributed by atoms with Crippen molar-refractivity contribution in [3.63, 3.8) is 0 Å². The van der Waals surface area contributed by atoms with Crippen molar-refractivity contribution < 1.29 is 23.5 Å². The average molecular weight is 510 g/mol. The van der Waals surface area contributed by atoms with Crippen LogP contribution in [0, 0.1) is 0 Å². The lowest BCUT2D eigenvalue weighted by molar-refractivity contribution is -0.142. The number of halogens is 2. The molecule has 0 fully saturated rings. The Labute approximate surface area is 176 Å². The van der Waals surface area contributed by atoms with Crippen molar-refractivity contribution in [3.05, 3.63) is 62.7 Å². The van der Waals surface area contributed by atoms with Crippen LogP contribution in [-0.2, 0) is 9.53 Å². The number of hydrogen-bond donors (Lipinski definition) is 1. The molecule has 144 valence electrons. The SMILES string of the molecule is COC(=O)COc1ccc(Br)cc1/C=N/NC(=O)c1cc2cc(Br)ccc2o1. The van der Waals surface area contributed by atoms with E-state index in [0.29, 0.717) is 16.9 Å². The van der Waals surface area contributed by atoms with Crippen LogP contribution in [0.15, 0.2) is 60.9 Å². The van der Waals surface area contributed by atoms with Crippen LogP contribution in [0.5, 0.6) is 5.75 Å². The Balaban J connectivity index is 1.71. The van der Waals surface area contributed by atoms with Gasteiger partial charge in [-0.15, -0.1) is 0 Å². The van der Waals surface area contributed by atoms with Gasteiger partial charge >= 0.3 is 11.9 Å². The summed E-state index contributed by atoms with van der Waals surface area (Å²) in [5.74, 6) is -0.437. The first-order valence-corrected chi connectivity index (χ1v) is 9.56. The van der Waals surface area contributed by atoms with Crippen LogP contribution >= 0.6 is 31.9 Å². The van der Waals surface area contributed by atoms with Crippen molar-refractivity contribution in [2.45, 2.75) is 0 Å². The molecule has 7 nitrogen and oxygen atoms in total. The van der Waals surface area contributed by atoms with Gasteiger partial charge < -0.3 is 13.9 Å². The minimum atomic E-state index is -0.504. The molecular formula is C19H14Br2N2O5. The summed E-state index contributed by atoms with van der Waals surface area (Å²) in [6.07, 6.45) is 1.41. The van der Waals surface area contributed by atoms with E-state index in [2.05, 4.69) is 47.1 Å². The number of hydrogen-bond acceptors (Lipinski definition) is 6. The van der Waals surface area contributed by atoms with E-state index in [-0.39, 0.29) is 12.4 Å². The maximum atomic E-state index is 12.3. The smallest absolute Gasteiger partial charge is 0.343 e. The topological polar surface area (TPSA) is 90.1 Å². The Hall–Kier alpha value is -2.65. The van der Waals surface area contributed by atoms with E-state index >= 15 is 0 Å². The molecule has 1 aromatic heterocycles. The second-order valence-corrected chi connectivity index (χ2v) is 7.37. The van der Waals surface area contributed by atoms with Gasteiger partial charge in [0, 0.05) is 19.9 Å². The predicted molar refractivity (Wildman–Crippen MR) is 111 cm³/mol. The van der Waals surface area contributed by atoms with Gasteiger partial charge in [0.05, 0.1) is 13.3 Å². The summed E-state index contributed by atoms with van der Waals surface area (Å²) in [7, 11) is 1.28. The fourth-order valence-electron chi connectivity index (χ4n) is 2.29. The molecule has 0 aliphatic heterocycles. The van der Waals surface area contributed by atoms with Gasteiger partial charge in [-0.05, 0) is 42.5 Å². The van der Waals surface area contributed by atoms with Crippen LogP contribution in [0.4, 0.5) is 0 Å². The Kier molecular flexibility index (Phi) is 6.48. The number of hydrazone groups is 1. The minimum absolute atomic E-state index is 0.140. The van der Waals surface area contributed by atoms with Crippen LogP contribution in [0.1, 0.15) is 16.1 Å². The van der Waals surface area contributed by atoms with Crippen molar-refractivity contribution in [3.8, 4) is 5.75 Å². The number of carbonyl (C=O) groups excluding carboxylic acids is 2. The zero-order valence-electron chi connectivity index (χ0n) is 14.6. The maximum Gasteiger partial charge on any atom is 0.343 e. The first-order valence-electron chi connectivity index (χ1n) is 7.98. The number of carbonyl (C=O) groups is 2. The quantitative estimate of drug-likeness (QED) is 0.304. The zero-order chi connectivity index (χ0) is 20.1. The van der Waals surface area contributed by atoms with Crippen LogP contribution in [0.2, 0.25) is 0 Å². The van der Waals surface area contributed by atoms with E-state index in [4.69, 9.17) is 9.15 Å². The van der Waals surface area contributed by atoms with E-state index < -0.39 is 11.9 Å². The second-order valence-electron chi connectivity index (χ2n) is 5.54. The largest absolute Gasteiger partial charge is 0.481 e. The van der Waals surface area contributed by atoms with Gasteiger partial charge in [0.15, 0.2) is 12.4 Å². The summed E-state index contributed by atoms with van der Waals surface area (Å²) in [5, 5.41) is 4.74. The highest BCUT2D eigenvalue weighted by Gasteiger charge is 2.12. The highest BCUT2D eigenvalue weighted by molar-refractivity contribution is 9.10. The molecule has 0 spiro atoms. The third-order valence-corrected chi connectivity index (χ3v) is 4.60. The number of methoxy groups -OCH3 is 1. The number of nitrogens with zero attached hydrogens (tertiary/aromatic N) is 1. The number of amides is 1. The zero-order valence-corrected chi connectivity index (χ0v) is 17.7. The molecule has 0 saturated carbocycles. The molecule has 28 heavy (non-hydrogen) atoms. The normalized spacial score (nSPS) is 11.0. The van der Waals surface area contributed by atoms with Crippen LogP contribution in [0.25, 0.3) is 11.0 Å². The van der Waals surface area contributed by atoms with Gasteiger partial charge in [-0.25, -0.2) is 10.2 Å². The van der Waals surface area contributed by atoms with Gasteiger partial charge in [-0.3, -0.25) is 4.79 Å². The van der Waals surface area contributed by atoms with Crippen molar-refractivity contribution in [2.75, 3.05) is 13.7 Å². The maximum absolute atomic E-state index is 12.3. The molecule has 3 rings (SSSR count). The Morgan fingerprint density at radius 1 is 1.14 bits per heavy atom. The summed E-state index contributed by atoms with van der Waals surface area (Å²) in [6, 6.07) is 12.3. The molecule has 1 heterocycles. The molecule has 3 aromatic rings. The summed E-state index contributed by atoms with van der Waals surface area (Å²) in [4.78, 5) is 23.5. The predicted octanol–water partition coefficient (Wildman–Crippen LogP) is 4.27. The molecule has 2 aromatic carbocycles. The standard InChI is InChI=1S/C19H14Br2N2O5/c1-26-18(24)10-27-15-4-2-14(21)7-12(15)9-22-23-19(25)17-8-11-6-13(20)3-5-16(11)28-17/h2-9H,10H2,1H3,(H,23,25)/b22-9+. The number of fused-ring (bicyclic) bond motifs is 1. The van der Waals surface area contributed by atoms with Crippen LogP contribution in [-0.4, -0.2) is 31.8 Å². The van der Waals surface area contributed by atoms with Crippen LogP contribution < -0.4 is 10.2 Å². The Bertz CT molecular complexity index is 1060. The van der Waals surface area contributed by atoms with E-state index in [1.54, 1.807) is 30.3 Å². The number of nitrogens with one attached hydrogen (secondary N) is 1. The van der Waals surface area contributed by atoms with E-state index in [9.17, 15) is 9.59 Å². The molecule has 0 radical (unpaired) electrons. The lowest BCUT2D eigenvalue weighted by Gasteiger charge is -2.08. The van der Waals surface area contributed by atoms with Crippen molar-refractivity contribution in [1.29, 1.82) is 0 Å². The third-order valence-electron chi connectivity index (χ3n) is 3.62. The average Bonchev–Trinajstić information content (AvgIpc) is 3.10. The third kappa shape index (κ3) is 4.99. The molecule has 1 amide bonds. The van der Waals surface area contributed by atoms with Gasteiger partial charge in [0.25, 0.3) is 0 Å². The lowest BCUT2D eigenvalue weighted by Crippen LogP contribution is -2.17. The molecule has 0 saturated heterocycles. The van der Waals surface area contributed by atoms with Gasteiger partial charge in [0.1, 0.15) is 11.3 Å². The molecule has 0 atom stereocenters. The number of rotatable bonds is 6. The molecule has 0 aliphatic rings. The molecule has 0 unspecified atom stereocenters. The molecule has 1 N–H and O–H groups in total. The highest BCUT2D eigenvalue weighted by atomic mass is 79.9.